The maximum atomic E-state index is 5.95. The fourth-order valence-corrected chi connectivity index (χ4v) is 2.60. The second-order valence-corrected chi connectivity index (χ2v) is 6.16. The average molecular weight is 284 g/mol. The molecule has 2 aromatic rings. The van der Waals surface area contributed by atoms with Gasteiger partial charge in [-0.1, -0.05) is 11.2 Å². The van der Waals surface area contributed by atoms with Gasteiger partial charge in [0, 0.05) is 10.9 Å². The van der Waals surface area contributed by atoms with Crippen LogP contribution in [0, 0.1) is 0 Å². The van der Waals surface area contributed by atoms with Gasteiger partial charge in [0.2, 0.25) is 5.89 Å². The SMILES string of the molecule is CC(Cl)c1nnc(N(Cc2cccs2)C2CC2)o1. The van der Waals surface area contributed by atoms with Gasteiger partial charge in [0.1, 0.15) is 5.38 Å². The second-order valence-electron chi connectivity index (χ2n) is 4.48. The number of hydrogen-bond donors (Lipinski definition) is 0. The maximum absolute atomic E-state index is 5.95. The molecular formula is C12H14ClN3OS. The van der Waals surface area contributed by atoms with E-state index >= 15 is 0 Å². The standard InChI is InChI=1S/C12H14ClN3OS/c1-8(13)11-14-15-12(17-11)16(9-4-5-9)7-10-3-2-6-18-10/h2-3,6,8-9H,4-5,7H2,1H3. The van der Waals surface area contributed by atoms with E-state index in [-0.39, 0.29) is 5.38 Å². The lowest BCUT2D eigenvalue weighted by atomic mass is 10.4. The summed E-state index contributed by atoms with van der Waals surface area (Å²) in [5, 5.41) is 9.94. The first-order valence-electron chi connectivity index (χ1n) is 6.00. The Morgan fingerprint density at radius 1 is 1.56 bits per heavy atom. The molecule has 1 aliphatic carbocycles. The largest absolute Gasteiger partial charge is 0.406 e. The van der Waals surface area contributed by atoms with Gasteiger partial charge in [-0.05, 0) is 31.2 Å². The predicted molar refractivity (Wildman–Crippen MR) is 72.1 cm³/mol. The number of hydrogen-bond acceptors (Lipinski definition) is 5. The third-order valence-corrected chi connectivity index (χ3v) is 3.96. The van der Waals surface area contributed by atoms with Crippen LogP contribution in [0.1, 0.15) is 35.9 Å². The molecule has 0 N–H and O–H groups in total. The van der Waals surface area contributed by atoms with Crippen LogP contribution < -0.4 is 4.90 Å². The van der Waals surface area contributed by atoms with E-state index < -0.39 is 0 Å². The first-order chi connectivity index (χ1) is 8.74. The molecule has 1 aliphatic rings. The zero-order chi connectivity index (χ0) is 12.5. The Morgan fingerprint density at radius 3 is 2.94 bits per heavy atom. The third kappa shape index (κ3) is 2.52. The molecule has 0 radical (unpaired) electrons. The highest BCUT2D eigenvalue weighted by molar-refractivity contribution is 7.09. The Morgan fingerprint density at radius 2 is 2.39 bits per heavy atom. The Bertz CT molecular complexity index is 507. The third-order valence-electron chi connectivity index (χ3n) is 2.91. The van der Waals surface area contributed by atoms with Crippen molar-refractivity contribution in [2.24, 2.45) is 0 Å². The lowest BCUT2D eigenvalue weighted by molar-refractivity contribution is 0.481. The molecule has 2 heterocycles. The molecule has 0 aromatic carbocycles. The number of thiophene rings is 1. The molecule has 1 fully saturated rings. The summed E-state index contributed by atoms with van der Waals surface area (Å²) in [5.74, 6) is 0.489. The molecule has 0 aliphatic heterocycles. The van der Waals surface area contributed by atoms with Gasteiger partial charge in [0.15, 0.2) is 0 Å². The summed E-state index contributed by atoms with van der Waals surface area (Å²) in [6, 6.07) is 5.31. The molecule has 1 atom stereocenters. The smallest absolute Gasteiger partial charge is 0.318 e. The van der Waals surface area contributed by atoms with E-state index in [9.17, 15) is 0 Å². The van der Waals surface area contributed by atoms with E-state index in [0.29, 0.717) is 17.9 Å². The Kier molecular flexibility index (Phi) is 3.26. The molecule has 0 spiro atoms. The van der Waals surface area contributed by atoms with Crippen LogP contribution in [0.15, 0.2) is 21.9 Å². The van der Waals surface area contributed by atoms with E-state index in [1.165, 1.54) is 17.7 Å². The van der Waals surface area contributed by atoms with Crippen LogP contribution in [0.5, 0.6) is 0 Å². The van der Waals surface area contributed by atoms with Gasteiger partial charge in [-0.3, -0.25) is 0 Å². The van der Waals surface area contributed by atoms with Crippen molar-refractivity contribution in [3.8, 4) is 0 Å². The summed E-state index contributed by atoms with van der Waals surface area (Å²) in [5.41, 5.74) is 0. The van der Waals surface area contributed by atoms with Crippen molar-refractivity contribution in [2.45, 2.75) is 37.7 Å². The van der Waals surface area contributed by atoms with E-state index in [1.54, 1.807) is 11.3 Å². The van der Waals surface area contributed by atoms with Crippen LogP contribution >= 0.6 is 22.9 Å². The van der Waals surface area contributed by atoms with Crippen LogP contribution in [0.25, 0.3) is 0 Å². The van der Waals surface area contributed by atoms with Crippen molar-refractivity contribution in [3.05, 3.63) is 28.3 Å². The monoisotopic (exact) mass is 283 g/mol. The summed E-state index contributed by atoms with van der Waals surface area (Å²) in [6.07, 6.45) is 2.39. The Balaban J connectivity index is 1.80. The molecule has 96 valence electrons. The minimum atomic E-state index is -0.242. The molecule has 0 saturated heterocycles. The lowest BCUT2D eigenvalue weighted by Gasteiger charge is -2.18. The van der Waals surface area contributed by atoms with Crippen LogP contribution in [-0.4, -0.2) is 16.2 Å². The lowest BCUT2D eigenvalue weighted by Crippen LogP contribution is -2.24. The highest BCUT2D eigenvalue weighted by Crippen LogP contribution is 2.34. The fraction of sp³-hybridized carbons (Fsp3) is 0.500. The average Bonchev–Trinajstić information content (AvgIpc) is 2.88. The van der Waals surface area contributed by atoms with Crippen molar-refractivity contribution in [2.75, 3.05) is 4.90 Å². The van der Waals surface area contributed by atoms with Crippen molar-refractivity contribution in [3.63, 3.8) is 0 Å². The van der Waals surface area contributed by atoms with Crippen molar-refractivity contribution in [1.29, 1.82) is 0 Å². The quantitative estimate of drug-likeness (QED) is 0.786. The summed E-state index contributed by atoms with van der Waals surface area (Å²) in [6.45, 7) is 2.67. The van der Waals surface area contributed by atoms with Gasteiger partial charge >= 0.3 is 6.01 Å². The van der Waals surface area contributed by atoms with E-state index in [0.717, 1.165) is 6.54 Å². The van der Waals surface area contributed by atoms with Crippen LogP contribution in [0.4, 0.5) is 6.01 Å². The van der Waals surface area contributed by atoms with Crippen LogP contribution in [0.2, 0.25) is 0 Å². The summed E-state index contributed by atoms with van der Waals surface area (Å²) >= 11 is 7.69. The predicted octanol–water partition coefficient (Wildman–Crippen LogP) is 3.60. The highest BCUT2D eigenvalue weighted by atomic mass is 35.5. The topological polar surface area (TPSA) is 42.2 Å². The molecule has 1 saturated carbocycles. The maximum Gasteiger partial charge on any atom is 0.318 e. The van der Waals surface area contributed by atoms with Gasteiger partial charge in [0.25, 0.3) is 0 Å². The van der Waals surface area contributed by atoms with Gasteiger partial charge in [-0.25, -0.2) is 0 Å². The molecule has 18 heavy (non-hydrogen) atoms. The first-order valence-corrected chi connectivity index (χ1v) is 7.32. The van der Waals surface area contributed by atoms with Gasteiger partial charge < -0.3 is 9.32 Å². The normalized spacial score (nSPS) is 16.8. The number of rotatable bonds is 5. The molecular weight excluding hydrogens is 270 g/mol. The minimum absolute atomic E-state index is 0.242. The van der Waals surface area contributed by atoms with Crippen molar-refractivity contribution < 1.29 is 4.42 Å². The summed E-state index contributed by atoms with van der Waals surface area (Å²) in [7, 11) is 0. The zero-order valence-electron chi connectivity index (χ0n) is 10.0. The van der Waals surface area contributed by atoms with Gasteiger partial charge in [-0.15, -0.1) is 28.0 Å². The minimum Gasteiger partial charge on any atom is -0.406 e. The van der Waals surface area contributed by atoms with Crippen molar-refractivity contribution >= 4 is 29.0 Å². The number of aromatic nitrogens is 2. The summed E-state index contributed by atoms with van der Waals surface area (Å²) < 4.78 is 5.63. The van der Waals surface area contributed by atoms with Gasteiger partial charge in [-0.2, -0.15) is 0 Å². The first kappa shape index (κ1) is 12.0. The number of halogens is 1. The molecule has 2 aromatic heterocycles. The number of anilines is 1. The highest BCUT2D eigenvalue weighted by Gasteiger charge is 2.33. The molecule has 6 heteroatoms. The van der Waals surface area contributed by atoms with Crippen molar-refractivity contribution in [1.82, 2.24) is 10.2 Å². The Hall–Kier alpha value is -1.07. The van der Waals surface area contributed by atoms with E-state index in [4.69, 9.17) is 16.0 Å². The van der Waals surface area contributed by atoms with E-state index in [2.05, 4.69) is 32.6 Å². The molecule has 0 amide bonds. The summed E-state index contributed by atoms with van der Waals surface area (Å²) in [4.78, 5) is 3.49. The number of alkyl halides is 1. The van der Waals surface area contributed by atoms with Crippen LogP contribution in [0.3, 0.4) is 0 Å². The molecule has 1 unspecified atom stereocenters. The fourth-order valence-electron chi connectivity index (χ4n) is 1.81. The molecule has 4 nitrogen and oxygen atoms in total. The zero-order valence-corrected chi connectivity index (χ0v) is 11.6. The number of nitrogens with zero attached hydrogens (tertiary/aromatic N) is 3. The van der Waals surface area contributed by atoms with E-state index in [1.807, 2.05) is 6.92 Å². The molecule has 0 bridgehead atoms. The second kappa shape index (κ2) is 4.90. The molecule has 3 rings (SSSR count). The Labute approximate surface area is 115 Å². The van der Waals surface area contributed by atoms with Gasteiger partial charge in [0.05, 0.1) is 6.54 Å². The van der Waals surface area contributed by atoms with Crippen LogP contribution in [-0.2, 0) is 6.54 Å².